The lowest BCUT2D eigenvalue weighted by Gasteiger charge is -2.36. The minimum Gasteiger partial charge on any atom is -0.384 e. The molecule has 3 N–H and O–H groups in total. The van der Waals surface area contributed by atoms with E-state index < -0.39 is 0 Å². The fraction of sp³-hybridized carbons (Fsp3) is 0.412. The second kappa shape index (κ2) is 6.93. The molecule has 0 amide bonds. The highest BCUT2D eigenvalue weighted by Crippen LogP contribution is 2.28. The third-order valence-corrected chi connectivity index (χ3v) is 3.95. The minimum atomic E-state index is -0.262. The Labute approximate surface area is 146 Å². The third-order valence-electron chi connectivity index (χ3n) is 3.65. The number of hydrogen-bond acceptors (Lipinski definition) is 6. The Morgan fingerprint density at radius 1 is 1.42 bits per heavy atom. The zero-order chi connectivity index (χ0) is 17.2. The molecule has 0 aliphatic carbocycles. The Hall–Kier alpha value is -1.89. The number of nitrogens with one attached hydrogen (secondary N) is 1. The average Bonchev–Trinajstić information content (AvgIpc) is 2.55. The third kappa shape index (κ3) is 4.14. The number of nitrogen functional groups attached to an aromatic ring is 1. The minimum absolute atomic E-state index is 0.0145. The topological polar surface area (TPSA) is 82.3 Å². The second-order valence-corrected chi connectivity index (χ2v) is 6.80. The molecule has 2 aromatic heterocycles. The predicted molar refractivity (Wildman–Crippen MR) is 95.2 cm³/mol. The second-order valence-electron chi connectivity index (χ2n) is 6.39. The van der Waals surface area contributed by atoms with Crippen LogP contribution in [0.25, 0.3) is 11.3 Å². The van der Waals surface area contributed by atoms with Gasteiger partial charge in [-0.3, -0.25) is 0 Å². The highest BCUT2D eigenvalue weighted by Gasteiger charge is 2.29. The van der Waals surface area contributed by atoms with Crippen molar-refractivity contribution >= 4 is 23.2 Å². The number of halogens is 1. The van der Waals surface area contributed by atoms with Gasteiger partial charge in [-0.1, -0.05) is 17.7 Å². The van der Waals surface area contributed by atoms with E-state index in [0.29, 0.717) is 30.6 Å². The molecular weight excluding hydrogens is 328 g/mol. The van der Waals surface area contributed by atoms with Crippen molar-refractivity contribution in [2.75, 3.05) is 30.8 Å². The molecule has 1 atom stereocenters. The first-order chi connectivity index (χ1) is 11.4. The van der Waals surface area contributed by atoms with E-state index in [1.165, 1.54) is 6.20 Å². The summed E-state index contributed by atoms with van der Waals surface area (Å²) in [6, 6.07) is 7.42. The number of pyridine rings is 2. The molecule has 0 bridgehead atoms. The van der Waals surface area contributed by atoms with Crippen molar-refractivity contribution in [2.24, 2.45) is 0 Å². The van der Waals surface area contributed by atoms with Gasteiger partial charge in [0.05, 0.1) is 35.6 Å². The monoisotopic (exact) mass is 348 g/mol. The standard InChI is InChI=1S/C17H21ClN4O2/c1-17(2)10-23-9-11(24-17)7-21-16-5-3-4-14(22-16)12-6-15(19)20-8-13(12)18/h3-6,8,11H,7,9-10H2,1-2H3,(H2,19,20)(H,21,22). The van der Waals surface area contributed by atoms with Crippen molar-refractivity contribution in [3.05, 3.63) is 35.5 Å². The van der Waals surface area contributed by atoms with Crippen LogP contribution in [0.4, 0.5) is 11.6 Å². The van der Waals surface area contributed by atoms with Gasteiger partial charge in [-0.2, -0.15) is 0 Å². The van der Waals surface area contributed by atoms with Crippen molar-refractivity contribution in [1.29, 1.82) is 0 Å². The highest BCUT2D eigenvalue weighted by atomic mass is 35.5. The molecule has 128 valence electrons. The van der Waals surface area contributed by atoms with E-state index in [-0.39, 0.29) is 11.7 Å². The summed E-state index contributed by atoms with van der Waals surface area (Å²) in [5.74, 6) is 1.15. The predicted octanol–water partition coefficient (Wildman–Crippen LogP) is 2.99. The van der Waals surface area contributed by atoms with Gasteiger partial charge >= 0.3 is 0 Å². The lowest BCUT2D eigenvalue weighted by Crippen LogP contribution is -2.45. The van der Waals surface area contributed by atoms with E-state index in [0.717, 1.165) is 17.1 Å². The van der Waals surface area contributed by atoms with E-state index in [9.17, 15) is 0 Å². The number of rotatable bonds is 4. The summed E-state index contributed by atoms with van der Waals surface area (Å²) in [5.41, 5.74) is 6.97. The first kappa shape index (κ1) is 17.0. The summed E-state index contributed by atoms with van der Waals surface area (Å²) in [4.78, 5) is 8.56. The molecule has 6 nitrogen and oxygen atoms in total. The van der Waals surface area contributed by atoms with Crippen LogP contribution < -0.4 is 11.1 Å². The number of ether oxygens (including phenoxy) is 2. The van der Waals surface area contributed by atoms with Crippen LogP contribution in [-0.4, -0.2) is 41.4 Å². The maximum Gasteiger partial charge on any atom is 0.126 e. The Kier molecular flexibility index (Phi) is 4.89. The molecule has 0 aromatic carbocycles. The Bertz CT molecular complexity index is 723. The summed E-state index contributed by atoms with van der Waals surface area (Å²) in [6.07, 6.45) is 1.52. The van der Waals surface area contributed by atoms with E-state index in [1.807, 2.05) is 32.0 Å². The van der Waals surface area contributed by atoms with Crippen LogP contribution in [0.5, 0.6) is 0 Å². The summed E-state index contributed by atoms with van der Waals surface area (Å²) >= 11 is 6.20. The molecule has 3 rings (SSSR count). The van der Waals surface area contributed by atoms with Crippen LogP contribution in [0, 0.1) is 0 Å². The van der Waals surface area contributed by atoms with E-state index in [1.54, 1.807) is 6.07 Å². The maximum absolute atomic E-state index is 6.20. The summed E-state index contributed by atoms with van der Waals surface area (Å²) in [7, 11) is 0. The number of aromatic nitrogens is 2. The summed E-state index contributed by atoms with van der Waals surface area (Å²) in [6.45, 7) is 5.84. The lowest BCUT2D eigenvalue weighted by molar-refractivity contribution is -0.177. The molecule has 0 radical (unpaired) electrons. The molecule has 1 fully saturated rings. The normalized spacial score (nSPS) is 19.9. The number of nitrogens with two attached hydrogens (primary N) is 1. The van der Waals surface area contributed by atoms with Crippen LogP contribution in [0.15, 0.2) is 30.5 Å². The van der Waals surface area contributed by atoms with Crippen LogP contribution in [0.3, 0.4) is 0 Å². The molecule has 0 saturated carbocycles. The van der Waals surface area contributed by atoms with Crippen molar-refractivity contribution < 1.29 is 9.47 Å². The smallest absolute Gasteiger partial charge is 0.126 e. The molecular formula is C17H21ClN4O2. The molecule has 24 heavy (non-hydrogen) atoms. The van der Waals surface area contributed by atoms with Crippen molar-refractivity contribution in [1.82, 2.24) is 9.97 Å². The maximum atomic E-state index is 6.20. The molecule has 1 saturated heterocycles. The molecule has 3 heterocycles. The quantitative estimate of drug-likeness (QED) is 0.883. The van der Waals surface area contributed by atoms with Crippen molar-refractivity contribution in [3.8, 4) is 11.3 Å². The van der Waals surface area contributed by atoms with Crippen LogP contribution in [0.1, 0.15) is 13.8 Å². The number of anilines is 2. The number of nitrogens with zero attached hydrogens (tertiary/aromatic N) is 2. The zero-order valence-electron chi connectivity index (χ0n) is 13.8. The van der Waals surface area contributed by atoms with Gasteiger partial charge in [-0.25, -0.2) is 9.97 Å². The van der Waals surface area contributed by atoms with Gasteiger partial charge in [0.25, 0.3) is 0 Å². The van der Waals surface area contributed by atoms with Crippen LogP contribution in [0.2, 0.25) is 5.02 Å². The van der Waals surface area contributed by atoms with E-state index in [4.69, 9.17) is 26.8 Å². The SMILES string of the molecule is CC1(C)COCC(CNc2cccc(-c3cc(N)ncc3Cl)n2)O1. The largest absolute Gasteiger partial charge is 0.384 e. The highest BCUT2D eigenvalue weighted by molar-refractivity contribution is 6.33. The van der Waals surface area contributed by atoms with Gasteiger partial charge in [-0.05, 0) is 32.0 Å². The van der Waals surface area contributed by atoms with E-state index >= 15 is 0 Å². The summed E-state index contributed by atoms with van der Waals surface area (Å²) in [5, 5.41) is 3.80. The van der Waals surface area contributed by atoms with Crippen molar-refractivity contribution in [2.45, 2.75) is 25.6 Å². The van der Waals surface area contributed by atoms with E-state index in [2.05, 4.69) is 15.3 Å². The Morgan fingerprint density at radius 2 is 2.25 bits per heavy atom. The fourth-order valence-electron chi connectivity index (χ4n) is 2.61. The van der Waals surface area contributed by atoms with Gasteiger partial charge in [0.2, 0.25) is 0 Å². The van der Waals surface area contributed by atoms with Gasteiger partial charge in [0, 0.05) is 18.3 Å². The Balaban J connectivity index is 1.71. The average molecular weight is 349 g/mol. The molecule has 1 aliphatic heterocycles. The van der Waals surface area contributed by atoms with Gasteiger partial charge in [0.1, 0.15) is 11.6 Å². The Morgan fingerprint density at radius 3 is 3.04 bits per heavy atom. The fourth-order valence-corrected chi connectivity index (χ4v) is 2.81. The first-order valence-corrected chi connectivity index (χ1v) is 8.19. The first-order valence-electron chi connectivity index (χ1n) is 7.81. The molecule has 1 unspecified atom stereocenters. The molecule has 7 heteroatoms. The lowest BCUT2D eigenvalue weighted by atomic mass is 10.1. The van der Waals surface area contributed by atoms with Crippen molar-refractivity contribution in [3.63, 3.8) is 0 Å². The van der Waals surface area contributed by atoms with Gasteiger partial charge in [-0.15, -0.1) is 0 Å². The van der Waals surface area contributed by atoms with Crippen LogP contribution in [-0.2, 0) is 9.47 Å². The molecule has 1 aliphatic rings. The van der Waals surface area contributed by atoms with Gasteiger partial charge in [0.15, 0.2) is 0 Å². The summed E-state index contributed by atoms with van der Waals surface area (Å²) < 4.78 is 11.6. The molecule has 0 spiro atoms. The number of hydrogen-bond donors (Lipinski definition) is 2. The van der Waals surface area contributed by atoms with Crippen LogP contribution >= 0.6 is 11.6 Å². The zero-order valence-corrected chi connectivity index (χ0v) is 14.5. The molecule has 2 aromatic rings. The van der Waals surface area contributed by atoms with Gasteiger partial charge < -0.3 is 20.5 Å².